The van der Waals surface area contributed by atoms with Gasteiger partial charge in [-0.2, -0.15) is 10.5 Å². The predicted molar refractivity (Wildman–Crippen MR) is 386 cm³/mol. The lowest BCUT2D eigenvalue weighted by atomic mass is 9.65. The zero-order valence-electron chi connectivity index (χ0n) is 51.7. The Balaban J connectivity index is 1.00. The molecule has 4 heterocycles. The minimum atomic E-state index is -1.76. The normalized spacial score (nSPS) is 13.2. The number of rotatable bonds is 8. The number of anilines is 6. The quantitative estimate of drug-likeness (QED) is 0.141. The van der Waals surface area contributed by atoms with Crippen LogP contribution in [0.4, 0.5) is 34.1 Å². The number of nitriles is 2. The molecule has 13 aromatic carbocycles. The summed E-state index contributed by atoms with van der Waals surface area (Å²) in [6.45, 7) is 14.4. The van der Waals surface area contributed by atoms with Crippen molar-refractivity contribution >= 4 is 148 Å². The molecular weight excluding hydrogens is 1160 g/mol. The highest BCUT2D eigenvalue weighted by Gasteiger charge is 2.52. The Kier molecular flexibility index (Phi) is 11.3. The minimum Gasteiger partial charge on any atom is -0.452 e. The molecule has 0 fully saturated rings. The molecule has 0 saturated carbocycles. The molecule has 92 heavy (non-hydrogen) atoms. The summed E-state index contributed by atoms with van der Waals surface area (Å²) in [4.78, 5) is 4.75. The number of benzene rings is 13. The Labute approximate surface area is 534 Å². The van der Waals surface area contributed by atoms with Crippen LogP contribution in [0, 0.1) is 22.7 Å². The smallest absolute Gasteiger partial charge is 0.159 e. The summed E-state index contributed by atoms with van der Waals surface area (Å²) in [5, 5.41) is 34.4. The van der Waals surface area contributed by atoms with E-state index in [4.69, 9.17) is 8.83 Å². The van der Waals surface area contributed by atoms with Gasteiger partial charge < -0.3 is 23.2 Å². The van der Waals surface area contributed by atoms with E-state index in [0.717, 1.165) is 83.2 Å². The van der Waals surface area contributed by atoms with E-state index >= 15 is 0 Å². The van der Waals surface area contributed by atoms with Gasteiger partial charge in [-0.05, 0) is 140 Å². The third kappa shape index (κ3) is 7.46. The van der Waals surface area contributed by atoms with Crippen LogP contribution in [-0.2, 0) is 5.41 Å². The molecule has 0 amide bonds. The fourth-order valence-electron chi connectivity index (χ4n) is 15.7. The summed E-state index contributed by atoms with van der Waals surface area (Å²) in [6.07, 6.45) is 0. The van der Waals surface area contributed by atoms with Gasteiger partial charge >= 0.3 is 0 Å². The molecule has 0 radical (unpaired) electrons. The van der Waals surface area contributed by atoms with Crippen LogP contribution in [0.25, 0.3) is 104 Å². The summed E-state index contributed by atoms with van der Waals surface area (Å²) in [5.74, 6) is 0. The Hall–Kier alpha value is -11.2. The molecule has 0 bridgehead atoms. The van der Waals surface area contributed by atoms with Crippen LogP contribution >= 0.6 is 0 Å². The highest BCUT2D eigenvalue weighted by molar-refractivity contribution is 6.89. The van der Waals surface area contributed by atoms with Crippen molar-refractivity contribution in [2.45, 2.75) is 44.7 Å². The monoisotopic (exact) mass is 1210 g/mol. The summed E-state index contributed by atoms with van der Waals surface area (Å²) >= 11 is 0. The number of para-hydroxylation sites is 5. The maximum absolute atomic E-state index is 10.5. The summed E-state index contributed by atoms with van der Waals surface area (Å²) < 4.78 is 16.6. The first kappa shape index (κ1) is 53.8. The number of fused-ring (bicyclic) bond motifs is 22. The molecule has 0 N–H and O–H groups in total. The van der Waals surface area contributed by atoms with Crippen molar-refractivity contribution in [3.05, 3.63) is 282 Å². The zero-order chi connectivity index (χ0) is 62.1. The lowest BCUT2D eigenvalue weighted by Crippen LogP contribution is -2.37. The predicted octanol–water partition coefficient (Wildman–Crippen LogP) is 21.3. The molecule has 0 atom stereocenters. The van der Waals surface area contributed by atoms with Crippen molar-refractivity contribution in [3.63, 3.8) is 0 Å². The summed E-state index contributed by atoms with van der Waals surface area (Å²) in [7, 11) is -3.46. The number of aromatic nitrogens is 1. The SMILES string of the molecule is C[Si](C)(C)c1ccc(N(c2ccc3c(c2)c2cc(N(c4ccc([Si](C)(C)C)cc4)c4cccc5c4oc4c(C#N)cccc45)cc4c2n3-c2ccccc2C42c3ccc4ccccc4c3-c3c2ccc2ccccc32)c2cccc3c2oc2c(C#N)cccc23)cc1. The average molecular weight is 1210 g/mol. The van der Waals surface area contributed by atoms with Crippen molar-refractivity contribution in [2.75, 3.05) is 9.80 Å². The van der Waals surface area contributed by atoms with Gasteiger partial charge in [0.2, 0.25) is 0 Å². The molecule has 1 aliphatic heterocycles. The molecule has 436 valence electrons. The maximum Gasteiger partial charge on any atom is 0.159 e. The average Bonchev–Trinajstić information content (AvgIpc) is 1.47. The Morgan fingerprint density at radius 2 is 0.804 bits per heavy atom. The van der Waals surface area contributed by atoms with Crippen LogP contribution in [0.2, 0.25) is 39.3 Å². The highest BCUT2D eigenvalue weighted by atomic mass is 28.3. The molecule has 1 aliphatic carbocycles. The van der Waals surface area contributed by atoms with Gasteiger partial charge in [0.05, 0.1) is 60.8 Å². The number of hydrogen-bond donors (Lipinski definition) is 0. The number of nitrogens with zero attached hydrogens (tertiary/aromatic N) is 5. The van der Waals surface area contributed by atoms with Crippen LogP contribution in [0.1, 0.15) is 33.4 Å². The van der Waals surface area contributed by atoms with Crippen molar-refractivity contribution in [1.29, 1.82) is 10.5 Å². The van der Waals surface area contributed by atoms with E-state index < -0.39 is 21.6 Å². The van der Waals surface area contributed by atoms with Gasteiger partial charge in [-0.1, -0.05) is 213 Å². The lowest BCUT2D eigenvalue weighted by Gasteiger charge is -2.40. The van der Waals surface area contributed by atoms with E-state index in [1.54, 1.807) is 0 Å². The number of hydrogen-bond acceptors (Lipinski definition) is 6. The Bertz CT molecular complexity index is 5880. The van der Waals surface area contributed by atoms with Crippen molar-refractivity contribution in [2.24, 2.45) is 0 Å². The minimum absolute atomic E-state index is 0.494. The highest BCUT2D eigenvalue weighted by Crippen LogP contribution is 2.64. The van der Waals surface area contributed by atoms with Crippen LogP contribution in [0.5, 0.6) is 0 Å². The van der Waals surface area contributed by atoms with E-state index in [1.165, 1.54) is 65.3 Å². The Morgan fingerprint density at radius 1 is 0.359 bits per heavy atom. The van der Waals surface area contributed by atoms with E-state index in [0.29, 0.717) is 33.5 Å². The molecule has 0 saturated heterocycles. The molecular formula is C83H59N5O2Si2. The van der Waals surface area contributed by atoms with Gasteiger partial charge in [0.25, 0.3) is 0 Å². The first-order valence-corrected chi connectivity index (χ1v) is 38.6. The third-order valence-electron chi connectivity index (χ3n) is 19.9. The Morgan fingerprint density at radius 3 is 1.33 bits per heavy atom. The van der Waals surface area contributed by atoms with E-state index in [-0.39, 0.29) is 0 Å². The second-order valence-corrected chi connectivity index (χ2v) is 37.1. The van der Waals surface area contributed by atoms with Crippen LogP contribution in [0.15, 0.2) is 258 Å². The standard InChI is InChI=1S/C83H59N5O2Si2/c1-91(2,3)58-38-33-54(34-39-58)86(74-29-15-25-64-62-23-13-19-52(48-84)79(62)89-81(64)74)56-37-44-72-66(45-56)67-46-57(87(55-35-40-59(41-36-55)92(4,5)6)75-30-16-26-65-63-24-14-20-53(49-85)80(63)90-82(65)75)47-71-78(67)88(72)73-28-12-11-27-68(73)83(71)69-42-31-50-17-7-9-21-60(50)76(69)77-61-22-10-8-18-51(61)32-43-70(77)83/h7-47H,1-6H3. The fraction of sp³-hybridized carbons (Fsp3) is 0.0843. The maximum atomic E-state index is 10.5. The van der Waals surface area contributed by atoms with Gasteiger partial charge in [0.1, 0.15) is 12.1 Å². The zero-order valence-corrected chi connectivity index (χ0v) is 53.7. The largest absolute Gasteiger partial charge is 0.452 e. The van der Waals surface area contributed by atoms with Crippen molar-refractivity contribution in [3.8, 4) is 29.0 Å². The lowest BCUT2D eigenvalue weighted by molar-refractivity contribution is 0.667. The summed E-state index contributed by atoms with van der Waals surface area (Å²) in [5.41, 5.74) is 19.0. The molecule has 7 nitrogen and oxygen atoms in total. The molecule has 16 aromatic rings. The van der Waals surface area contributed by atoms with Crippen molar-refractivity contribution < 1.29 is 8.83 Å². The van der Waals surface area contributed by atoms with Gasteiger partial charge in [0, 0.05) is 55.1 Å². The molecule has 18 rings (SSSR count). The molecule has 0 unspecified atom stereocenters. The van der Waals surface area contributed by atoms with Gasteiger partial charge in [-0.25, -0.2) is 0 Å². The second-order valence-electron chi connectivity index (χ2n) is 27.0. The molecule has 9 heteroatoms. The van der Waals surface area contributed by atoms with Crippen LogP contribution in [0.3, 0.4) is 0 Å². The van der Waals surface area contributed by atoms with Gasteiger partial charge in [-0.15, -0.1) is 0 Å². The van der Waals surface area contributed by atoms with Crippen LogP contribution < -0.4 is 20.2 Å². The first-order chi connectivity index (χ1) is 44.8. The molecule has 1 spiro atoms. The van der Waals surface area contributed by atoms with E-state index in [9.17, 15) is 10.5 Å². The third-order valence-corrected chi connectivity index (χ3v) is 24.1. The molecule has 2 aliphatic rings. The fourth-order valence-corrected chi connectivity index (χ4v) is 18.0. The molecule has 3 aromatic heterocycles. The van der Waals surface area contributed by atoms with E-state index in [1.807, 2.05) is 24.3 Å². The topological polar surface area (TPSA) is 85.3 Å². The second kappa shape index (κ2) is 19.4. The summed E-state index contributed by atoms with van der Waals surface area (Å²) in [6, 6.07) is 96.0. The van der Waals surface area contributed by atoms with Crippen LogP contribution in [-0.4, -0.2) is 20.7 Å². The van der Waals surface area contributed by atoms with Gasteiger partial charge in [-0.3, -0.25) is 0 Å². The first-order valence-electron chi connectivity index (χ1n) is 31.6. The van der Waals surface area contributed by atoms with Crippen molar-refractivity contribution in [1.82, 2.24) is 4.57 Å². The van der Waals surface area contributed by atoms with E-state index in [2.05, 4.69) is 290 Å². The number of furan rings is 2. The van der Waals surface area contributed by atoms with Gasteiger partial charge in [0.15, 0.2) is 22.3 Å².